The summed E-state index contributed by atoms with van der Waals surface area (Å²) in [5.41, 5.74) is 1.23. The summed E-state index contributed by atoms with van der Waals surface area (Å²) >= 11 is 5.90. The van der Waals surface area contributed by atoms with E-state index in [0.717, 1.165) is 5.56 Å². The molecule has 1 N–H and O–H groups in total. The minimum Gasteiger partial charge on any atom is -0.485 e. The van der Waals surface area contributed by atoms with E-state index < -0.39 is 29.4 Å². The lowest BCUT2D eigenvalue weighted by atomic mass is 9.82. The van der Waals surface area contributed by atoms with E-state index >= 15 is 0 Å². The molecule has 8 heteroatoms. The highest BCUT2D eigenvalue weighted by atomic mass is 35.5. The van der Waals surface area contributed by atoms with Crippen LogP contribution in [0.4, 0.5) is 9.18 Å². The van der Waals surface area contributed by atoms with Gasteiger partial charge in [0, 0.05) is 35.7 Å². The lowest BCUT2D eigenvalue weighted by Gasteiger charge is -2.37. The predicted molar refractivity (Wildman–Crippen MR) is 126 cm³/mol. The monoisotopic (exact) mass is 489 g/mol. The summed E-state index contributed by atoms with van der Waals surface area (Å²) in [6.45, 7) is 6.57. The largest absolute Gasteiger partial charge is 0.485 e. The fraction of sp³-hybridized carbons (Fsp3) is 0.462. The van der Waals surface area contributed by atoms with Crippen LogP contribution in [0, 0.1) is 5.82 Å². The summed E-state index contributed by atoms with van der Waals surface area (Å²) in [7, 11) is 0. The van der Waals surface area contributed by atoms with Crippen LogP contribution in [-0.4, -0.2) is 40.8 Å². The van der Waals surface area contributed by atoms with Gasteiger partial charge in [-0.1, -0.05) is 35.9 Å². The van der Waals surface area contributed by atoms with Crippen molar-refractivity contribution in [2.24, 2.45) is 0 Å². The van der Waals surface area contributed by atoms with Gasteiger partial charge in [0.05, 0.1) is 5.92 Å². The first kappa shape index (κ1) is 24.3. The summed E-state index contributed by atoms with van der Waals surface area (Å²) < 4.78 is 26.4. The summed E-state index contributed by atoms with van der Waals surface area (Å²) in [5.74, 6) is -1.71. The van der Waals surface area contributed by atoms with Crippen molar-refractivity contribution in [1.29, 1.82) is 0 Å². The molecule has 0 spiro atoms. The van der Waals surface area contributed by atoms with Gasteiger partial charge in [0.25, 0.3) is 0 Å². The number of benzene rings is 2. The quantitative estimate of drug-likeness (QED) is 0.548. The minimum atomic E-state index is -0.971. The molecule has 2 aromatic rings. The number of amides is 1. The van der Waals surface area contributed by atoms with Crippen molar-refractivity contribution in [3.63, 3.8) is 0 Å². The van der Waals surface area contributed by atoms with E-state index in [2.05, 4.69) is 0 Å². The lowest BCUT2D eigenvalue weighted by molar-refractivity contribution is -0.140. The molecule has 0 radical (unpaired) electrons. The number of carbonyl (C=O) groups is 2. The Labute approximate surface area is 203 Å². The number of carboxylic acids is 1. The average Bonchev–Trinajstić information content (AvgIpc) is 2.77. The highest BCUT2D eigenvalue weighted by Crippen LogP contribution is 2.47. The van der Waals surface area contributed by atoms with E-state index in [0.29, 0.717) is 37.2 Å². The number of hydrogen-bond acceptors (Lipinski definition) is 4. The number of carboxylic acid groups (broad SMARTS) is 1. The number of piperidine rings is 1. The zero-order valence-corrected chi connectivity index (χ0v) is 20.3. The van der Waals surface area contributed by atoms with Crippen LogP contribution < -0.4 is 4.74 Å². The summed E-state index contributed by atoms with van der Waals surface area (Å²) in [6, 6.07) is 9.88. The summed E-state index contributed by atoms with van der Waals surface area (Å²) in [6.07, 6.45) is 0.435. The van der Waals surface area contributed by atoms with Crippen LogP contribution in [0.3, 0.4) is 0 Å². The molecule has 2 aliphatic heterocycles. The van der Waals surface area contributed by atoms with E-state index in [-0.39, 0.29) is 29.0 Å². The third-order valence-electron chi connectivity index (χ3n) is 6.36. The van der Waals surface area contributed by atoms with Crippen LogP contribution in [0.25, 0.3) is 0 Å². The standard InChI is InChI=1S/C26H29ClFNO5/c1-26(2,3)34-25(32)29-11-9-15(10-12-29)17-5-4-6-18-20(24(30)31)14-22(33-23(17)18)19-8-7-16(27)13-21(19)28/h4-8,13,15,20,22H,9-12,14H2,1-3H3,(H,30,31). The molecular weight excluding hydrogens is 461 g/mol. The van der Waals surface area contributed by atoms with Crippen LogP contribution >= 0.6 is 11.6 Å². The normalized spacial score (nSPS) is 20.9. The van der Waals surface area contributed by atoms with Crippen molar-refractivity contribution in [2.75, 3.05) is 13.1 Å². The van der Waals surface area contributed by atoms with E-state index in [1.807, 2.05) is 32.9 Å². The number of likely N-dealkylation sites (tertiary alicyclic amines) is 1. The second kappa shape index (κ2) is 9.45. The van der Waals surface area contributed by atoms with E-state index in [9.17, 15) is 19.1 Å². The number of carbonyl (C=O) groups excluding carboxylic acids is 1. The maximum absolute atomic E-state index is 14.7. The summed E-state index contributed by atoms with van der Waals surface area (Å²) in [5, 5.41) is 10.2. The molecule has 2 atom stereocenters. The molecule has 2 unspecified atom stereocenters. The van der Waals surface area contributed by atoms with Crippen LogP contribution in [0.15, 0.2) is 36.4 Å². The Morgan fingerprint density at radius 3 is 2.41 bits per heavy atom. The second-order valence-electron chi connectivity index (χ2n) is 9.91. The smallest absolute Gasteiger partial charge is 0.410 e. The zero-order chi connectivity index (χ0) is 24.6. The van der Waals surface area contributed by atoms with Crippen LogP contribution in [0.2, 0.25) is 5.02 Å². The highest BCUT2D eigenvalue weighted by molar-refractivity contribution is 6.30. The van der Waals surface area contributed by atoms with Gasteiger partial charge in [-0.3, -0.25) is 4.79 Å². The number of ether oxygens (including phenoxy) is 2. The maximum atomic E-state index is 14.7. The Balaban J connectivity index is 1.60. The fourth-order valence-corrected chi connectivity index (χ4v) is 4.88. The lowest BCUT2D eigenvalue weighted by Crippen LogP contribution is -2.41. The molecule has 0 aromatic heterocycles. The Kier molecular flexibility index (Phi) is 6.76. The summed E-state index contributed by atoms with van der Waals surface area (Å²) in [4.78, 5) is 26.3. The van der Waals surface area contributed by atoms with Gasteiger partial charge in [-0.05, 0) is 57.2 Å². The van der Waals surface area contributed by atoms with Gasteiger partial charge in [-0.2, -0.15) is 0 Å². The van der Waals surface area contributed by atoms with Crippen LogP contribution in [0.1, 0.15) is 74.7 Å². The SMILES string of the molecule is CC(C)(C)OC(=O)N1CCC(c2cccc3c2OC(c2ccc(Cl)cc2F)CC3C(=O)O)CC1. The van der Waals surface area contributed by atoms with Gasteiger partial charge in [-0.25, -0.2) is 9.18 Å². The predicted octanol–water partition coefficient (Wildman–Crippen LogP) is 6.29. The van der Waals surface area contributed by atoms with Crippen molar-refractivity contribution >= 4 is 23.7 Å². The van der Waals surface area contributed by atoms with Gasteiger partial charge >= 0.3 is 12.1 Å². The molecule has 0 saturated carbocycles. The van der Waals surface area contributed by atoms with E-state index in [1.54, 1.807) is 23.1 Å². The first-order chi connectivity index (χ1) is 16.0. The molecule has 2 aromatic carbocycles. The van der Waals surface area contributed by atoms with Gasteiger partial charge in [-0.15, -0.1) is 0 Å². The first-order valence-electron chi connectivity index (χ1n) is 11.5. The molecule has 0 bridgehead atoms. The molecule has 2 heterocycles. The van der Waals surface area contributed by atoms with Crippen molar-refractivity contribution in [3.05, 3.63) is 63.9 Å². The number of halogens is 2. The Bertz CT molecular complexity index is 1090. The Morgan fingerprint density at radius 2 is 1.79 bits per heavy atom. The van der Waals surface area contributed by atoms with Crippen molar-refractivity contribution in [2.45, 2.75) is 63.6 Å². The van der Waals surface area contributed by atoms with Crippen LogP contribution in [0.5, 0.6) is 5.75 Å². The fourth-order valence-electron chi connectivity index (χ4n) is 4.72. The maximum Gasteiger partial charge on any atom is 0.410 e. The van der Waals surface area contributed by atoms with Crippen molar-refractivity contribution in [3.8, 4) is 5.75 Å². The number of rotatable bonds is 3. The molecular formula is C26H29ClFNO5. The first-order valence-corrected chi connectivity index (χ1v) is 11.9. The Morgan fingerprint density at radius 1 is 1.12 bits per heavy atom. The third kappa shape index (κ3) is 5.14. The molecule has 6 nitrogen and oxygen atoms in total. The average molecular weight is 490 g/mol. The topological polar surface area (TPSA) is 76.1 Å². The minimum absolute atomic E-state index is 0.0805. The van der Waals surface area contributed by atoms with Gasteiger partial charge in [0.1, 0.15) is 23.3 Å². The Hall–Kier alpha value is -2.80. The second-order valence-corrected chi connectivity index (χ2v) is 10.3. The molecule has 1 saturated heterocycles. The molecule has 1 amide bonds. The molecule has 182 valence electrons. The number of para-hydroxylation sites is 1. The third-order valence-corrected chi connectivity index (χ3v) is 6.59. The van der Waals surface area contributed by atoms with E-state index in [1.165, 1.54) is 6.07 Å². The molecule has 0 aliphatic carbocycles. The number of aliphatic carboxylic acids is 1. The molecule has 34 heavy (non-hydrogen) atoms. The van der Waals surface area contributed by atoms with Crippen molar-refractivity contribution in [1.82, 2.24) is 4.90 Å². The van der Waals surface area contributed by atoms with Crippen molar-refractivity contribution < 1.29 is 28.6 Å². The number of hydrogen-bond donors (Lipinski definition) is 1. The van der Waals surface area contributed by atoms with Gasteiger partial charge in [0.15, 0.2) is 0 Å². The van der Waals surface area contributed by atoms with Crippen LogP contribution in [-0.2, 0) is 9.53 Å². The number of fused-ring (bicyclic) bond motifs is 1. The van der Waals surface area contributed by atoms with Gasteiger partial charge < -0.3 is 19.5 Å². The number of nitrogens with zero attached hydrogens (tertiary/aromatic N) is 1. The molecule has 2 aliphatic rings. The molecule has 4 rings (SSSR count). The molecule has 1 fully saturated rings. The highest BCUT2D eigenvalue weighted by Gasteiger charge is 2.38. The zero-order valence-electron chi connectivity index (χ0n) is 19.5. The van der Waals surface area contributed by atoms with E-state index in [4.69, 9.17) is 21.1 Å². The van der Waals surface area contributed by atoms with Gasteiger partial charge in [0.2, 0.25) is 0 Å².